The molecule has 36 heavy (non-hydrogen) atoms. The second kappa shape index (κ2) is 7.68. The van der Waals surface area contributed by atoms with Crippen molar-refractivity contribution in [2.45, 2.75) is 111 Å². The molecule has 9 atom stereocenters. The quantitative estimate of drug-likeness (QED) is 0.361. The third-order valence-corrected chi connectivity index (χ3v) is 12.4. The van der Waals surface area contributed by atoms with Crippen LogP contribution in [0.25, 0.3) is 0 Å². The molecule has 5 aliphatic carbocycles. The van der Waals surface area contributed by atoms with E-state index in [0.29, 0.717) is 25.7 Å². The van der Waals surface area contributed by atoms with Crippen molar-refractivity contribution >= 4 is 5.97 Å². The lowest BCUT2D eigenvalue weighted by Crippen LogP contribution is -2.65. The van der Waals surface area contributed by atoms with E-state index in [9.17, 15) is 30.3 Å². The van der Waals surface area contributed by atoms with Crippen molar-refractivity contribution in [1.29, 1.82) is 0 Å². The molecule has 0 amide bonds. The number of carboxylic acids is 1. The predicted molar refractivity (Wildman–Crippen MR) is 137 cm³/mol. The van der Waals surface area contributed by atoms with E-state index in [4.69, 9.17) is 0 Å². The average molecular weight is 503 g/mol. The fourth-order valence-corrected chi connectivity index (χ4v) is 10.1. The lowest BCUT2D eigenvalue weighted by molar-refractivity contribution is -0.174. The summed E-state index contributed by atoms with van der Waals surface area (Å²) in [6, 6.07) is 0. The summed E-state index contributed by atoms with van der Waals surface area (Å²) in [5, 5.41) is 54.4. The summed E-state index contributed by atoms with van der Waals surface area (Å²) in [7, 11) is 0. The summed E-state index contributed by atoms with van der Waals surface area (Å²) in [6.45, 7) is 12.8. The molecule has 0 spiro atoms. The molecule has 6 heteroatoms. The van der Waals surface area contributed by atoms with Crippen LogP contribution in [-0.4, -0.2) is 56.4 Å². The Balaban J connectivity index is 1.70. The maximum Gasteiger partial charge on any atom is 0.316 e. The van der Waals surface area contributed by atoms with Crippen LogP contribution in [0, 0.1) is 38.4 Å². The number of carboxylic acid groups (broad SMARTS) is 1. The van der Waals surface area contributed by atoms with Gasteiger partial charge in [0.25, 0.3) is 0 Å². The highest BCUT2D eigenvalue weighted by Crippen LogP contribution is 2.74. The summed E-state index contributed by atoms with van der Waals surface area (Å²) in [5.41, 5.74) is 0.160. The van der Waals surface area contributed by atoms with Gasteiger partial charge in [0, 0.05) is 5.41 Å². The SMILES string of the molecule is CC1(C)CC[C@@]2(C(=O)O)C(=C3CC[C@@H]4[C@@]5(C)C[C@H](O)[C@H](O)[C@@](C)(CO)C5=CC[C@@]4(C)[C@]3(C)C[C@H]2O)C1. The van der Waals surface area contributed by atoms with Crippen molar-refractivity contribution in [3.63, 3.8) is 0 Å². The zero-order valence-electron chi connectivity index (χ0n) is 22.9. The smallest absolute Gasteiger partial charge is 0.316 e. The standard InChI is InChI=1S/C30H46O6/c1-25(2)11-12-30(24(35)36)18(13-25)17-7-8-21-26(3)14-19(32)23(34)27(4,16-31)20(26)9-10-28(21,5)29(17,6)15-22(30)33/h9,19,21-23,31-34H,7-8,10-16H2,1-6H3,(H,35,36)/t19-,21+,22+,23-,26-,27-,28+,29+,30+/m0/s1. The van der Waals surface area contributed by atoms with E-state index < -0.39 is 40.5 Å². The third kappa shape index (κ3) is 2.96. The van der Waals surface area contributed by atoms with Crippen LogP contribution in [0.2, 0.25) is 0 Å². The van der Waals surface area contributed by atoms with E-state index in [2.05, 4.69) is 40.7 Å². The Kier molecular flexibility index (Phi) is 5.63. The van der Waals surface area contributed by atoms with E-state index >= 15 is 0 Å². The van der Waals surface area contributed by atoms with Gasteiger partial charge in [-0.15, -0.1) is 0 Å². The molecule has 0 saturated heterocycles. The first-order valence-electron chi connectivity index (χ1n) is 13.9. The molecule has 0 aromatic carbocycles. The van der Waals surface area contributed by atoms with Gasteiger partial charge >= 0.3 is 5.97 Å². The molecule has 0 heterocycles. The zero-order chi connectivity index (χ0) is 26.7. The summed E-state index contributed by atoms with van der Waals surface area (Å²) < 4.78 is 0. The molecule has 0 aromatic rings. The van der Waals surface area contributed by atoms with E-state index in [1.807, 2.05) is 6.92 Å². The van der Waals surface area contributed by atoms with Crippen LogP contribution < -0.4 is 0 Å². The Morgan fingerprint density at radius 1 is 1.00 bits per heavy atom. The molecule has 0 radical (unpaired) electrons. The molecule has 0 bridgehead atoms. The molecule has 0 aromatic heterocycles. The highest BCUT2D eigenvalue weighted by molar-refractivity contribution is 5.81. The van der Waals surface area contributed by atoms with Crippen LogP contribution in [0.1, 0.15) is 92.9 Å². The van der Waals surface area contributed by atoms with E-state index in [0.717, 1.165) is 36.8 Å². The Morgan fingerprint density at radius 2 is 1.67 bits per heavy atom. The van der Waals surface area contributed by atoms with Crippen LogP contribution in [0.5, 0.6) is 0 Å². The van der Waals surface area contributed by atoms with Crippen molar-refractivity contribution in [3.8, 4) is 0 Å². The normalized spacial score (nSPS) is 51.9. The van der Waals surface area contributed by atoms with Crippen LogP contribution >= 0.6 is 0 Å². The first-order valence-corrected chi connectivity index (χ1v) is 13.9. The number of aliphatic carboxylic acids is 1. The number of allylic oxidation sites excluding steroid dienone is 2. The summed E-state index contributed by atoms with van der Waals surface area (Å²) in [4.78, 5) is 12.8. The number of rotatable bonds is 2. The predicted octanol–water partition coefficient (Wildman–Crippen LogP) is 4.21. The van der Waals surface area contributed by atoms with Gasteiger partial charge in [-0.25, -0.2) is 0 Å². The van der Waals surface area contributed by atoms with Crippen molar-refractivity contribution in [3.05, 3.63) is 22.8 Å². The van der Waals surface area contributed by atoms with Crippen molar-refractivity contribution < 1.29 is 30.3 Å². The minimum Gasteiger partial charge on any atom is -0.481 e. The second-order valence-electron chi connectivity index (χ2n) is 14.7. The van der Waals surface area contributed by atoms with Crippen LogP contribution in [0.3, 0.4) is 0 Å². The molecule has 3 saturated carbocycles. The van der Waals surface area contributed by atoms with E-state index in [1.165, 1.54) is 5.57 Å². The maximum absolute atomic E-state index is 12.8. The number of carbonyl (C=O) groups is 1. The van der Waals surface area contributed by atoms with Gasteiger partial charge in [0.15, 0.2) is 0 Å². The molecule has 0 unspecified atom stereocenters. The van der Waals surface area contributed by atoms with Gasteiger partial charge in [0.1, 0.15) is 5.41 Å². The van der Waals surface area contributed by atoms with Crippen molar-refractivity contribution in [2.75, 3.05) is 6.61 Å². The molecular formula is C30H46O6. The first-order chi connectivity index (χ1) is 16.5. The summed E-state index contributed by atoms with van der Waals surface area (Å²) in [6.07, 6.45) is 4.56. The first kappa shape index (κ1) is 26.4. The fraction of sp³-hybridized carbons (Fsp3) is 0.833. The van der Waals surface area contributed by atoms with Gasteiger partial charge < -0.3 is 25.5 Å². The highest BCUT2D eigenvalue weighted by atomic mass is 16.4. The fourth-order valence-electron chi connectivity index (χ4n) is 10.1. The molecule has 202 valence electrons. The number of aliphatic hydroxyl groups excluding tert-OH is 4. The van der Waals surface area contributed by atoms with E-state index in [-0.39, 0.29) is 28.8 Å². The zero-order valence-corrected chi connectivity index (χ0v) is 22.9. The monoisotopic (exact) mass is 502 g/mol. The van der Waals surface area contributed by atoms with Gasteiger partial charge in [-0.3, -0.25) is 4.79 Å². The van der Waals surface area contributed by atoms with Crippen LogP contribution in [-0.2, 0) is 4.79 Å². The number of fused-ring (bicyclic) bond motifs is 6. The number of hydrogen-bond acceptors (Lipinski definition) is 5. The molecule has 5 rings (SSSR count). The lowest BCUT2D eigenvalue weighted by Gasteiger charge is -2.69. The van der Waals surface area contributed by atoms with Gasteiger partial charge in [-0.05, 0) is 78.9 Å². The topological polar surface area (TPSA) is 118 Å². The lowest BCUT2D eigenvalue weighted by atomic mass is 9.35. The maximum atomic E-state index is 12.8. The Bertz CT molecular complexity index is 1040. The molecule has 3 fully saturated rings. The number of aliphatic hydroxyl groups is 4. The van der Waals surface area contributed by atoms with Crippen molar-refractivity contribution in [2.24, 2.45) is 38.4 Å². The Hall–Kier alpha value is -1.21. The Labute approximate surface area is 215 Å². The van der Waals surface area contributed by atoms with Crippen LogP contribution in [0.15, 0.2) is 22.8 Å². The molecule has 0 aliphatic heterocycles. The molecule has 5 aliphatic rings. The number of hydrogen-bond donors (Lipinski definition) is 5. The molecule has 6 nitrogen and oxygen atoms in total. The third-order valence-electron chi connectivity index (χ3n) is 12.4. The van der Waals surface area contributed by atoms with E-state index in [1.54, 1.807) is 0 Å². The van der Waals surface area contributed by atoms with Gasteiger partial charge in [0.2, 0.25) is 0 Å². The van der Waals surface area contributed by atoms with Crippen LogP contribution in [0.4, 0.5) is 0 Å². The molecular weight excluding hydrogens is 456 g/mol. The van der Waals surface area contributed by atoms with Gasteiger partial charge in [-0.1, -0.05) is 64.3 Å². The molecule has 5 N–H and O–H groups in total. The summed E-state index contributed by atoms with van der Waals surface area (Å²) >= 11 is 0. The average Bonchev–Trinajstić information content (AvgIpc) is 2.77. The Morgan fingerprint density at radius 3 is 2.28 bits per heavy atom. The van der Waals surface area contributed by atoms with Gasteiger partial charge in [-0.2, -0.15) is 0 Å². The largest absolute Gasteiger partial charge is 0.481 e. The minimum absolute atomic E-state index is 0.00478. The van der Waals surface area contributed by atoms with Gasteiger partial charge in [0.05, 0.1) is 24.9 Å². The van der Waals surface area contributed by atoms with Crippen molar-refractivity contribution in [1.82, 2.24) is 0 Å². The minimum atomic E-state index is -1.19. The summed E-state index contributed by atoms with van der Waals surface area (Å²) in [5.74, 6) is -0.711. The second-order valence-corrected chi connectivity index (χ2v) is 14.7. The highest BCUT2D eigenvalue weighted by Gasteiger charge is 2.69.